The Hall–Kier alpha value is -2.30. The minimum atomic E-state index is -3.83. The van der Waals surface area contributed by atoms with Crippen LogP contribution in [0.2, 0.25) is 5.15 Å². The van der Waals surface area contributed by atoms with E-state index < -0.39 is 20.6 Å². The average molecular weight is 401 g/mol. The molecule has 9 nitrogen and oxygen atoms in total. The second kappa shape index (κ2) is 7.94. The van der Waals surface area contributed by atoms with Crippen LogP contribution in [0.4, 0.5) is 5.69 Å². The van der Waals surface area contributed by atoms with E-state index in [9.17, 15) is 18.5 Å². The molecule has 0 saturated heterocycles. The predicted molar refractivity (Wildman–Crippen MR) is 95.1 cm³/mol. The van der Waals surface area contributed by atoms with E-state index in [0.29, 0.717) is 5.82 Å². The van der Waals surface area contributed by atoms with Gasteiger partial charge in [-0.3, -0.25) is 10.1 Å². The van der Waals surface area contributed by atoms with E-state index in [-0.39, 0.29) is 34.8 Å². The molecule has 0 atom stereocenters. The molecule has 0 aliphatic heterocycles. The highest BCUT2D eigenvalue weighted by Gasteiger charge is 2.26. The van der Waals surface area contributed by atoms with Gasteiger partial charge in [0, 0.05) is 25.2 Å². The summed E-state index contributed by atoms with van der Waals surface area (Å²) < 4.78 is 31.7. The first kappa shape index (κ1) is 20.0. The molecule has 1 heterocycles. The fourth-order valence-electron chi connectivity index (χ4n) is 2.27. The Labute approximate surface area is 155 Å². The number of sulfonamides is 1. The van der Waals surface area contributed by atoms with Crippen LogP contribution < -0.4 is 4.74 Å². The summed E-state index contributed by atoms with van der Waals surface area (Å²) in [5, 5.41) is 11.5. The maximum atomic E-state index is 12.6. The number of nitrogens with zero attached hydrogens (tertiary/aromatic N) is 4. The van der Waals surface area contributed by atoms with Crippen molar-refractivity contribution in [3.63, 3.8) is 0 Å². The second-order valence-electron chi connectivity index (χ2n) is 5.15. The molecule has 0 spiro atoms. The molecule has 0 fully saturated rings. The van der Waals surface area contributed by atoms with Crippen LogP contribution in [0.25, 0.3) is 0 Å². The van der Waals surface area contributed by atoms with E-state index in [2.05, 4.69) is 9.97 Å². The van der Waals surface area contributed by atoms with Crippen molar-refractivity contribution in [3.05, 3.63) is 45.4 Å². The molecule has 11 heteroatoms. The summed E-state index contributed by atoms with van der Waals surface area (Å²) in [4.78, 5) is 18.4. The molecule has 0 N–H and O–H groups in total. The Balaban J connectivity index is 2.48. The molecule has 0 bridgehead atoms. The zero-order valence-electron chi connectivity index (χ0n) is 14.3. The van der Waals surface area contributed by atoms with Gasteiger partial charge in [0.1, 0.15) is 11.0 Å². The molecular weight excluding hydrogens is 384 g/mol. The third kappa shape index (κ3) is 4.26. The largest absolute Gasteiger partial charge is 0.432 e. The number of hydrogen-bond donors (Lipinski definition) is 0. The van der Waals surface area contributed by atoms with Crippen LogP contribution >= 0.6 is 11.6 Å². The Kier molecular flexibility index (Phi) is 6.11. The van der Waals surface area contributed by atoms with Crippen LogP contribution in [0.15, 0.2) is 29.2 Å². The van der Waals surface area contributed by atoms with Crippen molar-refractivity contribution in [1.29, 1.82) is 0 Å². The summed E-state index contributed by atoms with van der Waals surface area (Å²) in [6.45, 7) is 5.47. The van der Waals surface area contributed by atoms with E-state index in [1.165, 1.54) is 22.5 Å². The lowest BCUT2D eigenvalue weighted by Crippen LogP contribution is -2.30. The number of nitro groups is 1. The van der Waals surface area contributed by atoms with Crippen molar-refractivity contribution in [1.82, 2.24) is 14.3 Å². The van der Waals surface area contributed by atoms with Gasteiger partial charge >= 0.3 is 5.69 Å². The van der Waals surface area contributed by atoms with Crippen LogP contribution in [0.1, 0.15) is 19.7 Å². The van der Waals surface area contributed by atoms with Crippen LogP contribution in [0.3, 0.4) is 0 Å². The standard InChI is InChI=1S/C15H17ClN4O5S/c1-4-19(5-2)26(23,24)11-6-7-13(12(8-11)20(21)22)25-15-9-14(16)17-10(3)18-15/h6-9H,4-5H2,1-3H3. The quantitative estimate of drug-likeness (QED) is 0.398. The van der Waals surface area contributed by atoms with Gasteiger partial charge in [-0.2, -0.15) is 9.29 Å². The van der Waals surface area contributed by atoms with E-state index >= 15 is 0 Å². The third-order valence-electron chi connectivity index (χ3n) is 3.47. The molecule has 0 saturated carbocycles. The number of rotatable bonds is 7. The van der Waals surface area contributed by atoms with Crippen molar-refractivity contribution in [2.24, 2.45) is 0 Å². The average Bonchev–Trinajstić information content (AvgIpc) is 2.54. The van der Waals surface area contributed by atoms with Gasteiger partial charge in [0.05, 0.1) is 9.82 Å². The highest BCUT2D eigenvalue weighted by atomic mass is 35.5. The van der Waals surface area contributed by atoms with Crippen LogP contribution in [-0.4, -0.2) is 40.7 Å². The molecule has 0 aliphatic rings. The predicted octanol–water partition coefficient (Wildman–Crippen LogP) is 3.17. The van der Waals surface area contributed by atoms with E-state index in [1.807, 2.05) is 0 Å². The SMILES string of the molecule is CCN(CC)S(=O)(=O)c1ccc(Oc2cc(Cl)nc(C)n2)c([N+](=O)[O-])c1. The summed E-state index contributed by atoms with van der Waals surface area (Å²) in [6, 6.07) is 4.75. The number of halogens is 1. The van der Waals surface area contributed by atoms with Gasteiger partial charge in [0.15, 0.2) is 0 Å². The Morgan fingerprint density at radius 2 is 1.88 bits per heavy atom. The Bertz CT molecular complexity index is 911. The molecule has 1 aromatic heterocycles. The first-order chi connectivity index (χ1) is 12.2. The highest BCUT2D eigenvalue weighted by Crippen LogP contribution is 2.34. The number of hydrogen-bond acceptors (Lipinski definition) is 7. The number of aromatic nitrogens is 2. The number of nitro benzene ring substituents is 1. The molecule has 0 unspecified atom stereocenters. The monoisotopic (exact) mass is 400 g/mol. The zero-order valence-corrected chi connectivity index (χ0v) is 15.9. The molecule has 140 valence electrons. The first-order valence-corrected chi connectivity index (χ1v) is 9.48. The maximum absolute atomic E-state index is 12.6. The molecule has 2 aromatic rings. The number of ether oxygens (including phenoxy) is 1. The lowest BCUT2D eigenvalue weighted by Gasteiger charge is -2.18. The fraction of sp³-hybridized carbons (Fsp3) is 0.333. The van der Waals surface area contributed by atoms with Crippen LogP contribution in [0, 0.1) is 17.0 Å². The van der Waals surface area contributed by atoms with Crippen molar-refractivity contribution < 1.29 is 18.1 Å². The number of benzene rings is 1. The summed E-state index contributed by atoms with van der Waals surface area (Å²) in [5.41, 5.74) is -0.495. The molecule has 26 heavy (non-hydrogen) atoms. The minimum Gasteiger partial charge on any atom is -0.432 e. The van der Waals surface area contributed by atoms with Gasteiger partial charge in [-0.15, -0.1) is 0 Å². The molecule has 0 aliphatic carbocycles. The van der Waals surface area contributed by atoms with E-state index in [4.69, 9.17) is 16.3 Å². The highest BCUT2D eigenvalue weighted by molar-refractivity contribution is 7.89. The van der Waals surface area contributed by atoms with Gasteiger partial charge in [-0.1, -0.05) is 25.4 Å². The topological polar surface area (TPSA) is 116 Å². The van der Waals surface area contributed by atoms with Gasteiger partial charge < -0.3 is 4.74 Å². The molecular formula is C15H17ClN4O5S. The Morgan fingerprint density at radius 1 is 1.23 bits per heavy atom. The molecule has 1 aromatic carbocycles. The van der Waals surface area contributed by atoms with E-state index in [1.54, 1.807) is 20.8 Å². The summed E-state index contributed by atoms with van der Waals surface area (Å²) in [6.07, 6.45) is 0. The molecule has 0 amide bonds. The fourth-order valence-corrected chi connectivity index (χ4v) is 3.96. The first-order valence-electron chi connectivity index (χ1n) is 7.66. The summed E-state index contributed by atoms with van der Waals surface area (Å²) >= 11 is 5.82. The number of aryl methyl sites for hydroxylation is 1. The second-order valence-corrected chi connectivity index (χ2v) is 7.48. The van der Waals surface area contributed by atoms with Crippen molar-refractivity contribution in [2.75, 3.05) is 13.1 Å². The lowest BCUT2D eigenvalue weighted by atomic mass is 10.3. The van der Waals surface area contributed by atoms with Gasteiger partial charge in [-0.25, -0.2) is 13.4 Å². The Morgan fingerprint density at radius 3 is 2.42 bits per heavy atom. The van der Waals surface area contributed by atoms with Crippen molar-refractivity contribution in [2.45, 2.75) is 25.7 Å². The van der Waals surface area contributed by atoms with Crippen LogP contribution in [0.5, 0.6) is 11.6 Å². The van der Waals surface area contributed by atoms with Gasteiger partial charge in [0.25, 0.3) is 0 Å². The maximum Gasteiger partial charge on any atom is 0.312 e. The van der Waals surface area contributed by atoms with E-state index in [0.717, 1.165) is 6.07 Å². The minimum absolute atomic E-state index is 0.0185. The zero-order chi connectivity index (χ0) is 19.5. The van der Waals surface area contributed by atoms with Crippen molar-refractivity contribution in [3.8, 4) is 11.6 Å². The summed E-state index contributed by atoms with van der Waals surface area (Å²) in [5.74, 6) is 0.198. The van der Waals surface area contributed by atoms with Gasteiger partial charge in [0.2, 0.25) is 21.7 Å². The smallest absolute Gasteiger partial charge is 0.312 e. The third-order valence-corrected chi connectivity index (χ3v) is 5.71. The van der Waals surface area contributed by atoms with Crippen LogP contribution in [-0.2, 0) is 10.0 Å². The summed E-state index contributed by atoms with van der Waals surface area (Å²) in [7, 11) is -3.83. The molecule has 2 rings (SSSR count). The van der Waals surface area contributed by atoms with Gasteiger partial charge in [-0.05, 0) is 19.1 Å². The lowest BCUT2D eigenvalue weighted by molar-refractivity contribution is -0.385. The normalized spacial score (nSPS) is 11.6. The van der Waals surface area contributed by atoms with Crippen molar-refractivity contribution >= 4 is 27.3 Å². The molecule has 0 radical (unpaired) electrons.